The average Bonchev–Trinajstić information content (AvgIpc) is 3.00. The van der Waals surface area contributed by atoms with Crippen LogP contribution < -0.4 is 10.6 Å². The van der Waals surface area contributed by atoms with E-state index in [-0.39, 0.29) is 0 Å². The lowest BCUT2D eigenvalue weighted by Gasteiger charge is -2.18. The van der Waals surface area contributed by atoms with Crippen molar-refractivity contribution in [2.45, 2.75) is 12.5 Å². The summed E-state index contributed by atoms with van der Waals surface area (Å²) >= 11 is 0. The van der Waals surface area contributed by atoms with E-state index in [1.54, 1.807) is 0 Å². The standard InChI is InChI=1S/C13H16N4/c14-11-2-4-12(5-3-11)16-9-6-13(10-16)17-8-1-7-15-17/h1-5,7-8,13H,6,9-10,14H2. The molecule has 17 heavy (non-hydrogen) atoms. The Kier molecular flexibility index (Phi) is 2.48. The van der Waals surface area contributed by atoms with E-state index in [0.717, 1.165) is 25.2 Å². The van der Waals surface area contributed by atoms with Crippen molar-refractivity contribution in [3.63, 3.8) is 0 Å². The van der Waals surface area contributed by atoms with E-state index in [2.05, 4.69) is 26.8 Å². The first-order valence-corrected chi connectivity index (χ1v) is 5.92. The first-order chi connectivity index (χ1) is 8.33. The second-order valence-electron chi connectivity index (χ2n) is 4.47. The van der Waals surface area contributed by atoms with Gasteiger partial charge in [-0.05, 0) is 36.8 Å². The highest BCUT2D eigenvalue weighted by Gasteiger charge is 2.23. The Balaban J connectivity index is 1.74. The maximum Gasteiger partial charge on any atom is 0.0710 e. The first kappa shape index (κ1) is 10.2. The Morgan fingerprint density at radius 2 is 2.06 bits per heavy atom. The number of benzene rings is 1. The highest BCUT2D eigenvalue weighted by molar-refractivity contribution is 5.53. The van der Waals surface area contributed by atoms with E-state index >= 15 is 0 Å². The molecule has 1 aliphatic heterocycles. The van der Waals surface area contributed by atoms with Gasteiger partial charge in [-0.3, -0.25) is 4.68 Å². The van der Waals surface area contributed by atoms with E-state index < -0.39 is 0 Å². The van der Waals surface area contributed by atoms with Crippen LogP contribution in [0.4, 0.5) is 11.4 Å². The maximum absolute atomic E-state index is 5.70. The predicted octanol–water partition coefficient (Wildman–Crippen LogP) is 1.92. The van der Waals surface area contributed by atoms with Crippen molar-refractivity contribution < 1.29 is 0 Å². The molecule has 0 radical (unpaired) electrons. The van der Waals surface area contributed by atoms with Crippen LogP contribution in [0.25, 0.3) is 0 Å². The van der Waals surface area contributed by atoms with Crippen molar-refractivity contribution >= 4 is 11.4 Å². The fourth-order valence-electron chi connectivity index (χ4n) is 2.37. The molecule has 0 amide bonds. The molecule has 1 saturated heterocycles. The summed E-state index contributed by atoms with van der Waals surface area (Å²) in [6.07, 6.45) is 5.02. The van der Waals surface area contributed by atoms with Crippen LogP contribution in [0.5, 0.6) is 0 Å². The molecule has 0 bridgehead atoms. The van der Waals surface area contributed by atoms with Gasteiger partial charge in [0, 0.05) is 36.9 Å². The molecule has 3 rings (SSSR count). The minimum absolute atomic E-state index is 0.488. The van der Waals surface area contributed by atoms with Crippen LogP contribution in [0, 0.1) is 0 Å². The zero-order valence-electron chi connectivity index (χ0n) is 9.66. The molecule has 4 nitrogen and oxygen atoms in total. The number of rotatable bonds is 2. The topological polar surface area (TPSA) is 47.1 Å². The Bertz CT molecular complexity index is 475. The molecule has 2 N–H and O–H groups in total. The fourth-order valence-corrected chi connectivity index (χ4v) is 2.37. The molecular weight excluding hydrogens is 212 g/mol. The van der Waals surface area contributed by atoms with E-state index in [9.17, 15) is 0 Å². The number of anilines is 2. The van der Waals surface area contributed by atoms with Gasteiger partial charge >= 0.3 is 0 Å². The van der Waals surface area contributed by atoms with E-state index in [1.807, 2.05) is 30.6 Å². The molecule has 4 heteroatoms. The SMILES string of the molecule is Nc1ccc(N2CCC(n3cccn3)C2)cc1. The molecule has 88 valence electrons. The first-order valence-electron chi connectivity index (χ1n) is 5.92. The van der Waals surface area contributed by atoms with Crippen LogP contribution >= 0.6 is 0 Å². The summed E-state index contributed by atoms with van der Waals surface area (Å²) in [7, 11) is 0. The molecule has 0 spiro atoms. The third-order valence-electron chi connectivity index (χ3n) is 3.32. The highest BCUT2D eigenvalue weighted by atomic mass is 15.3. The monoisotopic (exact) mass is 228 g/mol. The second-order valence-corrected chi connectivity index (χ2v) is 4.47. The van der Waals surface area contributed by atoms with E-state index in [1.165, 1.54) is 5.69 Å². The van der Waals surface area contributed by atoms with Gasteiger partial charge in [0.15, 0.2) is 0 Å². The molecule has 2 aromatic rings. The molecule has 1 fully saturated rings. The van der Waals surface area contributed by atoms with E-state index in [0.29, 0.717) is 6.04 Å². The smallest absolute Gasteiger partial charge is 0.0710 e. The zero-order valence-corrected chi connectivity index (χ0v) is 9.66. The predicted molar refractivity (Wildman–Crippen MR) is 68.9 cm³/mol. The van der Waals surface area contributed by atoms with Gasteiger partial charge in [0.05, 0.1) is 6.04 Å². The van der Waals surface area contributed by atoms with Crippen LogP contribution in [0.15, 0.2) is 42.7 Å². The number of aromatic nitrogens is 2. The molecule has 1 aromatic carbocycles. The van der Waals surface area contributed by atoms with Crippen LogP contribution in [-0.4, -0.2) is 22.9 Å². The van der Waals surface area contributed by atoms with Crippen molar-refractivity contribution in [1.29, 1.82) is 0 Å². The van der Waals surface area contributed by atoms with Crippen molar-refractivity contribution in [3.05, 3.63) is 42.7 Å². The lowest BCUT2D eigenvalue weighted by Crippen LogP contribution is -2.20. The van der Waals surface area contributed by atoms with Crippen LogP contribution in [-0.2, 0) is 0 Å². The van der Waals surface area contributed by atoms with Gasteiger partial charge in [-0.2, -0.15) is 5.10 Å². The Hall–Kier alpha value is -1.97. The summed E-state index contributed by atoms with van der Waals surface area (Å²) < 4.78 is 2.05. The second kappa shape index (κ2) is 4.13. The summed E-state index contributed by atoms with van der Waals surface area (Å²) in [5.41, 5.74) is 7.76. The average molecular weight is 228 g/mol. The van der Waals surface area contributed by atoms with Gasteiger partial charge in [-0.15, -0.1) is 0 Å². The van der Waals surface area contributed by atoms with E-state index in [4.69, 9.17) is 5.73 Å². The number of nitrogen functional groups attached to an aromatic ring is 1. The maximum atomic E-state index is 5.70. The van der Waals surface area contributed by atoms with Gasteiger partial charge in [-0.1, -0.05) is 0 Å². The van der Waals surface area contributed by atoms with Crippen LogP contribution in [0.1, 0.15) is 12.5 Å². The number of hydrogen-bond acceptors (Lipinski definition) is 3. The largest absolute Gasteiger partial charge is 0.399 e. The van der Waals surface area contributed by atoms with Gasteiger partial charge in [0.25, 0.3) is 0 Å². The zero-order chi connectivity index (χ0) is 11.7. The van der Waals surface area contributed by atoms with Crippen molar-refractivity contribution in [2.24, 2.45) is 0 Å². The molecule has 1 atom stereocenters. The van der Waals surface area contributed by atoms with Crippen LogP contribution in [0.2, 0.25) is 0 Å². The van der Waals surface area contributed by atoms with Crippen LogP contribution in [0.3, 0.4) is 0 Å². The molecule has 1 aromatic heterocycles. The number of hydrogen-bond donors (Lipinski definition) is 1. The molecular formula is C13H16N4. The summed E-state index contributed by atoms with van der Waals surface area (Å²) in [6, 6.07) is 10.5. The summed E-state index contributed by atoms with van der Waals surface area (Å²) in [6.45, 7) is 2.10. The molecule has 1 unspecified atom stereocenters. The molecule has 0 saturated carbocycles. The van der Waals surface area contributed by atoms with Gasteiger partial charge < -0.3 is 10.6 Å². The highest BCUT2D eigenvalue weighted by Crippen LogP contribution is 2.26. The summed E-state index contributed by atoms with van der Waals surface area (Å²) in [4.78, 5) is 2.38. The Morgan fingerprint density at radius 1 is 1.24 bits per heavy atom. The molecule has 1 aliphatic rings. The minimum Gasteiger partial charge on any atom is -0.399 e. The lowest BCUT2D eigenvalue weighted by atomic mass is 10.2. The third kappa shape index (κ3) is 1.98. The normalized spacial score (nSPS) is 19.8. The molecule has 2 heterocycles. The number of nitrogens with two attached hydrogens (primary N) is 1. The summed E-state index contributed by atoms with van der Waals surface area (Å²) in [5, 5.41) is 4.31. The van der Waals surface area contributed by atoms with Crippen molar-refractivity contribution in [1.82, 2.24) is 9.78 Å². The van der Waals surface area contributed by atoms with Gasteiger partial charge in [0.2, 0.25) is 0 Å². The third-order valence-corrected chi connectivity index (χ3v) is 3.32. The van der Waals surface area contributed by atoms with Crippen molar-refractivity contribution in [3.8, 4) is 0 Å². The van der Waals surface area contributed by atoms with Gasteiger partial charge in [0.1, 0.15) is 0 Å². The Labute approximate surface area is 101 Å². The van der Waals surface area contributed by atoms with Gasteiger partial charge in [-0.25, -0.2) is 0 Å². The Morgan fingerprint density at radius 3 is 2.76 bits per heavy atom. The quantitative estimate of drug-likeness (QED) is 0.799. The minimum atomic E-state index is 0.488. The number of nitrogens with zero attached hydrogens (tertiary/aromatic N) is 3. The lowest BCUT2D eigenvalue weighted by molar-refractivity contribution is 0.495. The summed E-state index contributed by atoms with van der Waals surface area (Å²) in [5.74, 6) is 0. The van der Waals surface area contributed by atoms with Crippen molar-refractivity contribution in [2.75, 3.05) is 23.7 Å². The molecule has 0 aliphatic carbocycles. The fraction of sp³-hybridized carbons (Fsp3) is 0.308.